The van der Waals surface area contributed by atoms with Crippen molar-refractivity contribution in [3.63, 3.8) is 0 Å². The quantitative estimate of drug-likeness (QED) is 0.771. The fourth-order valence-electron chi connectivity index (χ4n) is 1.85. The third-order valence-electron chi connectivity index (χ3n) is 2.74. The number of anilines is 1. The van der Waals surface area contributed by atoms with E-state index in [2.05, 4.69) is 16.0 Å². The molecule has 1 aliphatic heterocycles. The van der Waals surface area contributed by atoms with Gasteiger partial charge in [0.1, 0.15) is 5.82 Å². The number of hydrogen-bond donors (Lipinski definition) is 1. The predicted molar refractivity (Wildman–Crippen MR) is 56.4 cm³/mol. The smallest absolute Gasteiger partial charge is 0.129 e. The number of aromatic nitrogens is 1. The van der Waals surface area contributed by atoms with E-state index >= 15 is 0 Å². The van der Waals surface area contributed by atoms with Crippen LogP contribution in [0.25, 0.3) is 0 Å². The summed E-state index contributed by atoms with van der Waals surface area (Å²) in [4.78, 5) is 6.34. The van der Waals surface area contributed by atoms with Gasteiger partial charge in [-0.25, -0.2) is 4.98 Å². The molecule has 0 aromatic carbocycles. The number of nitrogens with zero attached hydrogens (tertiary/aromatic N) is 3. The summed E-state index contributed by atoms with van der Waals surface area (Å²) in [6.45, 7) is 1.97. The molecule has 0 aliphatic carbocycles. The van der Waals surface area contributed by atoms with Crippen LogP contribution in [0, 0.1) is 17.2 Å². The van der Waals surface area contributed by atoms with Crippen molar-refractivity contribution in [2.45, 2.75) is 6.42 Å². The maximum Gasteiger partial charge on any atom is 0.129 e. The molecule has 1 unspecified atom stereocenters. The van der Waals surface area contributed by atoms with Crippen LogP contribution in [0.3, 0.4) is 0 Å². The molecule has 0 spiro atoms. The van der Waals surface area contributed by atoms with E-state index < -0.39 is 0 Å². The molecule has 0 bridgehead atoms. The average Bonchev–Trinajstić information content (AvgIpc) is 2.78. The first kappa shape index (κ1) is 9.94. The first-order valence-corrected chi connectivity index (χ1v) is 5.05. The van der Waals surface area contributed by atoms with E-state index in [4.69, 9.17) is 10.4 Å². The lowest BCUT2D eigenvalue weighted by Gasteiger charge is -2.16. The Labute approximate surface area is 88.8 Å². The van der Waals surface area contributed by atoms with Crippen molar-refractivity contribution in [2.24, 2.45) is 5.92 Å². The summed E-state index contributed by atoms with van der Waals surface area (Å²) < 4.78 is 0. The highest BCUT2D eigenvalue weighted by atomic mass is 16.3. The summed E-state index contributed by atoms with van der Waals surface area (Å²) in [6.07, 6.45) is 2.65. The van der Waals surface area contributed by atoms with Crippen molar-refractivity contribution < 1.29 is 5.11 Å². The van der Waals surface area contributed by atoms with E-state index in [-0.39, 0.29) is 6.61 Å². The van der Waals surface area contributed by atoms with Crippen LogP contribution in [0.2, 0.25) is 0 Å². The number of aliphatic hydroxyl groups is 1. The van der Waals surface area contributed by atoms with Crippen LogP contribution in [-0.4, -0.2) is 29.8 Å². The van der Waals surface area contributed by atoms with Gasteiger partial charge in [0.15, 0.2) is 0 Å². The maximum atomic E-state index is 9.03. The summed E-state index contributed by atoms with van der Waals surface area (Å²) in [5, 5.41) is 17.8. The Balaban J connectivity index is 2.14. The van der Waals surface area contributed by atoms with Crippen LogP contribution >= 0.6 is 0 Å². The van der Waals surface area contributed by atoms with Crippen molar-refractivity contribution in [3.8, 4) is 6.07 Å². The molecule has 0 radical (unpaired) electrons. The highest BCUT2D eigenvalue weighted by Crippen LogP contribution is 2.21. The summed E-state index contributed by atoms with van der Waals surface area (Å²) in [5.41, 5.74) is 0.632. The second kappa shape index (κ2) is 4.28. The highest BCUT2D eigenvalue weighted by Gasteiger charge is 2.22. The Hall–Kier alpha value is -1.60. The molecule has 1 atom stereocenters. The molecule has 1 aromatic rings. The van der Waals surface area contributed by atoms with E-state index in [0.29, 0.717) is 11.5 Å². The van der Waals surface area contributed by atoms with Crippen LogP contribution in [0.1, 0.15) is 12.0 Å². The molecule has 2 rings (SSSR count). The molecule has 15 heavy (non-hydrogen) atoms. The van der Waals surface area contributed by atoms with Gasteiger partial charge in [0.05, 0.1) is 11.6 Å². The minimum atomic E-state index is 0.231. The zero-order chi connectivity index (χ0) is 10.7. The van der Waals surface area contributed by atoms with Gasteiger partial charge in [-0.3, -0.25) is 0 Å². The zero-order valence-corrected chi connectivity index (χ0v) is 8.43. The molecule has 78 valence electrons. The summed E-state index contributed by atoms with van der Waals surface area (Å²) in [6, 6.07) is 5.59. The molecule has 1 fully saturated rings. The van der Waals surface area contributed by atoms with Crippen LogP contribution in [-0.2, 0) is 0 Å². The van der Waals surface area contributed by atoms with Crippen LogP contribution in [0.4, 0.5) is 5.82 Å². The Kier molecular flexibility index (Phi) is 2.84. The molecular formula is C11H13N3O. The normalized spacial score (nSPS) is 20.3. The van der Waals surface area contributed by atoms with Gasteiger partial charge in [-0.2, -0.15) is 5.26 Å². The van der Waals surface area contributed by atoms with Crippen molar-refractivity contribution >= 4 is 5.82 Å². The van der Waals surface area contributed by atoms with Gasteiger partial charge < -0.3 is 10.0 Å². The minimum absolute atomic E-state index is 0.231. The molecule has 2 heterocycles. The summed E-state index contributed by atoms with van der Waals surface area (Å²) in [7, 11) is 0. The molecular weight excluding hydrogens is 190 g/mol. The van der Waals surface area contributed by atoms with Crippen LogP contribution < -0.4 is 4.90 Å². The van der Waals surface area contributed by atoms with E-state index in [1.807, 2.05) is 0 Å². The Bertz CT molecular complexity index is 386. The first-order chi connectivity index (χ1) is 7.33. The Morgan fingerprint density at radius 1 is 1.67 bits per heavy atom. The van der Waals surface area contributed by atoms with Gasteiger partial charge in [-0.15, -0.1) is 0 Å². The topological polar surface area (TPSA) is 60.2 Å². The third kappa shape index (κ3) is 2.08. The van der Waals surface area contributed by atoms with Gasteiger partial charge in [-0.05, 0) is 18.6 Å². The highest BCUT2D eigenvalue weighted by molar-refractivity contribution is 5.45. The number of pyridine rings is 1. The van der Waals surface area contributed by atoms with Crippen LogP contribution in [0.15, 0.2) is 18.3 Å². The second-order valence-electron chi connectivity index (χ2n) is 3.80. The van der Waals surface area contributed by atoms with Gasteiger partial charge in [-0.1, -0.05) is 0 Å². The van der Waals surface area contributed by atoms with Crippen molar-refractivity contribution in [2.75, 3.05) is 24.6 Å². The lowest BCUT2D eigenvalue weighted by Crippen LogP contribution is -2.21. The van der Waals surface area contributed by atoms with E-state index in [9.17, 15) is 0 Å². The average molecular weight is 203 g/mol. The summed E-state index contributed by atoms with van der Waals surface area (Å²) >= 11 is 0. The van der Waals surface area contributed by atoms with Crippen molar-refractivity contribution in [1.82, 2.24) is 4.98 Å². The van der Waals surface area contributed by atoms with Crippen molar-refractivity contribution in [1.29, 1.82) is 5.26 Å². The molecule has 0 amide bonds. The van der Waals surface area contributed by atoms with E-state index in [0.717, 1.165) is 25.3 Å². The van der Waals surface area contributed by atoms with Gasteiger partial charge in [0.2, 0.25) is 0 Å². The van der Waals surface area contributed by atoms with Crippen molar-refractivity contribution in [3.05, 3.63) is 23.9 Å². The molecule has 1 aromatic heterocycles. The number of hydrogen-bond acceptors (Lipinski definition) is 4. The SMILES string of the molecule is N#Cc1ccnc(N2CCC(CO)C2)c1. The molecule has 1 N–H and O–H groups in total. The number of nitriles is 1. The van der Waals surface area contributed by atoms with Gasteiger partial charge >= 0.3 is 0 Å². The Morgan fingerprint density at radius 3 is 3.20 bits per heavy atom. The Morgan fingerprint density at radius 2 is 2.53 bits per heavy atom. The standard InChI is InChI=1S/C11H13N3O/c12-6-9-1-3-13-11(5-9)14-4-2-10(7-14)8-15/h1,3,5,10,15H,2,4,7-8H2. The fraction of sp³-hybridized carbons (Fsp3) is 0.455. The maximum absolute atomic E-state index is 9.03. The van der Waals surface area contributed by atoms with Crippen LogP contribution in [0.5, 0.6) is 0 Å². The van der Waals surface area contributed by atoms with E-state index in [1.54, 1.807) is 18.3 Å². The fourth-order valence-corrected chi connectivity index (χ4v) is 1.85. The molecule has 1 saturated heterocycles. The zero-order valence-electron chi connectivity index (χ0n) is 8.43. The lowest BCUT2D eigenvalue weighted by molar-refractivity contribution is 0.238. The molecule has 1 aliphatic rings. The lowest BCUT2D eigenvalue weighted by atomic mass is 10.1. The monoisotopic (exact) mass is 203 g/mol. The predicted octanol–water partition coefficient (Wildman–Crippen LogP) is 0.772. The molecule has 4 nitrogen and oxygen atoms in total. The second-order valence-corrected chi connectivity index (χ2v) is 3.80. The first-order valence-electron chi connectivity index (χ1n) is 5.05. The number of aliphatic hydroxyl groups excluding tert-OH is 1. The largest absolute Gasteiger partial charge is 0.396 e. The van der Waals surface area contributed by atoms with Gasteiger partial charge in [0.25, 0.3) is 0 Å². The molecule has 0 saturated carbocycles. The van der Waals surface area contributed by atoms with Gasteiger partial charge in [0, 0.05) is 31.8 Å². The van der Waals surface area contributed by atoms with E-state index in [1.165, 1.54) is 0 Å². The molecule has 4 heteroatoms. The third-order valence-corrected chi connectivity index (χ3v) is 2.74. The minimum Gasteiger partial charge on any atom is -0.396 e. The summed E-state index contributed by atoms with van der Waals surface area (Å²) in [5.74, 6) is 1.18. The number of rotatable bonds is 2.